The highest BCUT2D eigenvalue weighted by molar-refractivity contribution is 5.40. The first kappa shape index (κ1) is 16.0. The van der Waals surface area contributed by atoms with E-state index in [4.69, 9.17) is 4.84 Å². The van der Waals surface area contributed by atoms with Gasteiger partial charge in [0.15, 0.2) is 0 Å². The molecular formula is C18H18F3NO. The van der Waals surface area contributed by atoms with Crippen LogP contribution >= 0.6 is 0 Å². The van der Waals surface area contributed by atoms with Crippen LogP contribution in [0.25, 0.3) is 0 Å². The van der Waals surface area contributed by atoms with E-state index >= 15 is 0 Å². The van der Waals surface area contributed by atoms with E-state index in [0.29, 0.717) is 5.56 Å². The lowest BCUT2D eigenvalue weighted by atomic mass is 9.93. The third-order valence-electron chi connectivity index (χ3n) is 3.85. The van der Waals surface area contributed by atoms with Crippen molar-refractivity contribution in [1.82, 2.24) is 5.06 Å². The predicted molar refractivity (Wildman–Crippen MR) is 81.3 cm³/mol. The molecule has 2 aromatic carbocycles. The van der Waals surface area contributed by atoms with E-state index in [1.165, 1.54) is 12.1 Å². The molecule has 5 heteroatoms. The van der Waals surface area contributed by atoms with E-state index in [1.54, 1.807) is 0 Å². The van der Waals surface area contributed by atoms with Gasteiger partial charge in [0.05, 0.1) is 5.56 Å². The van der Waals surface area contributed by atoms with Crippen molar-refractivity contribution in [3.05, 3.63) is 71.3 Å². The SMILES string of the molecule is CC(C)(C)N1O[C@@]1(c1ccccc1)c1ccc(C(F)(F)F)cc1. The Labute approximate surface area is 133 Å². The molecule has 2 atom stereocenters. The summed E-state index contributed by atoms with van der Waals surface area (Å²) < 4.78 is 38.3. The molecule has 3 rings (SSSR count). The predicted octanol–water partition coefficient (Wildman–Crippen LogP) is 4.95. The first-order valence-corrected chi connectivity index (χ1v) is 7.38. The van der Waals surface area contributed by atoms with E-state index in [1.807, 2.05) is 56.2 Å². The van der Waals surface area contributed by atoms with Gasteiger partial charge in [-0.3, -0.25) is 4.84 Å². The second-order valence-corrected chi connectivity index (χ2v) is 6.64. The van der Waals surface area contributed by atoms with Crippen molar-refractivity contribution >= 4 is 0 Å². The van der Waals surface area contributed by atoms with Crippen LogP contribution in [0, 0.1) is 0 Å². The summed E-state index contributed by atoms with van der Waals surface area (Å²) in [6.45, 7) is 6.01. The molecule has 0 radical (unpaired) electrons. The Morgan fingerprint density at radius 3 is 1.78 bits per heavy atom. The monoisotopic (exact) mass is 321 g/mol. The highest BCUT2D eigenvalue weighted by atomic mass is 19.4. The Morgan fingerprint density at radius 2 is 1.35 bits per heavy atom. The molecule has 1 aliphatic rings. The average molecular weight is 321 g/mol. The fourth-order valence-corrected chi connectivity index (χ4v) is 2.78. The van der Waals surface area contributed by atoms with Gasteiger partial charge in [-0.05, 0) is 32.9 Å². The van der Waals surface area contributed by atoms with Crippen molar-refractivity contribution in [3.63, 3.8) is 0 Å². The van der Waals surface area contributed by atoms with Gasteiger partial charge in [-0.1, -0.05) is 42.5 Å². The molecule has 1 heterocycles. The van der Waals surface area contributed by atoms with E-state index in [9.17, 15) is 13.2 Å². The molecule has 0 amide bonds. The van der Waals surface area contributed by atoms with Crippen LogP contribution in [0.4, 0.5) is 13.2 Å². The Bertz CT molecular complexity index is 689. The Kier molecular flexibility index (Phi) is 3.54. The lowest BCUT2D eigenvalue weighted by molar-refractivity contribution is -0.137. The second kappa shape index (κ2) is 5.08. The summed E-state index contributed by atoms with van der Waals surface area (Å²) >= 11 is 0. The molecule has 0 bridgehead atoms. The van der Waals surface area contributed by atoms with Crippen molar-refractivity contribution in [2.24, 2.45) is 0 Å². The zero-order chi connectivity index (χ0) is 16.9. The first-order chi connectivity index (χ1) is 10.7. The summed E-state index contributed by atoms with van der Waals surface area (Å²) in [5.74, 6) is 0. The molecule has 0 aromatic heterocycles. The van der Waals surface area contributed by atoms with Crippen LogP contribution in [0.5, 0.6) is 0 Å². The Morgan fingerprint density at radius 1 is 0.826 bits per heavy atom. The van der Waals surface area contributed by atoms with Crippen molar-refractivity contribution in [3.8, 4) is 0 Å². The van der Waals surface area contributed by atoms with Crippen LogP contribution < -0.4 is 0 Å². The maximum Gasteiger partial charge on any atom is 0.416 e. The fraction of sp³-hybridized carbons (Fsp3) is 0.333. The molecular weight excluding hydrogens is 303 g/mol. The number of hydrogen-bond donors (Lipinski definition) is 0. The molecule has 0 N–H and O–H groups in total. The third-order valence-corrected chi connectivity index (χ3v) is 3.85. The summed E-state index contributed by atoms with van der Waals surface area (Å²) in [5, 5.41) is 1.82. The highest BCUT2D eigenvalue weighted by Crippen LogP contribution is 2.54. The van der Waals surface area contributed by atoms with Crippen molar-refractivity contribution < 1.29 is 18.0 Å². The van der Waals surface area contributed by atoms with Gasteiger partial charge < -0.3 is 0 Å². The number of nitrogens with zero attached hydrogens (tertiary/aromatic N) is 1. The molecule has 2 aromatic rings. The van der Waals surface area contributed by atoms with Crippen LogP contribution in [-0.2, 0) is 16.7 Å². The van der Waals surface area contributed by atoms with Gasteiger partial charge in [-0.2, -0.15) is 13.2 Å². The molecule has 1 unspecified atom stereocenters. The van der Waals surface area contributed by atoms with Crippen LogP contribution in [0.15, 0.2) is 54.6 Å². The van der Waals surface area contributed by atoms with Crippen LogP contribution in [-0.4, -0.2) is 10.6 Å². The maximum absolute atomic E-state index is 12.8. The minimum Gasteiger partial charge on any atom is -0.260 e. The molecule has 1 aliphatic heterocycles. The molecule has 0 saturated carbocycles. The molecule has 0 aliphatic carbocycles. The fourth-order valence-electron chi connectivity index (χ4n) is 2.78. The number of hydroxylamine groups is 2. The quantitative estimate of drug-likeness (QED) is 0.727. The third kappa shape index (κ3) is 2.75. The van der Waals surface area contributed by atoms with Gasteiger partial charge in [-0.25, -0.2) is 0 Å². The highest BCUT2D eigenvalue weighted by Gasteiger charge is 2.62. The van der Waals surface area contributed by atoms with Crippen LogP contribution in [0.2, 0.25) is 0 Å². The van der Waals surface area contributed by atoms with E-state index in [2.05, 4.69) is 0 Å². The molecule has 2 nitrogen and oxygen atoms in total. The first-order valence-electron chi connectivity index (χ1n) is 7.38. The van der Waals surface area contributed by atoms with Gasteiger partial charge in [0.2, 0.25) is 5.72 Å². The molecule has 122 valence electrons. The summed E-state index contributed by atoms with van der Waals surface area (Å²) in [5.41, 5.74) is -0.184. The molecule has 23 heavy (non-hydrogen) atoms. The average Bonchev–Trinajstić information content (AvgIpc) is 3.24. The Balaban J connectivity index is 2.05. The van der Waals surface area contributed by atoms with Gasteiger partial charge >= 0.3 is 6.18 Å². The smallest absolute Gasteiger partial charge is 0.260 e. The molecule has 1 fully saturated rings. The zero-order valence-electron chi connectivity index (χ0n) is 13.2. The number of hydrogen-bond acceptors (Lipinski definition) is 2. The standard InChI is InChI=1S/C18H18F3NO/c1-16(2,3)22-17(23-22,13-7-5-4-6-8-13)14-9-11-15(12-10-14)18(19,20)21/h4-12H,1-3H3/t17-,22?/m0/s1. The van der Waals surface area contributed by atoms with Crippen molar-refractivity contribution in [2.45, 2.75) is 38.2 Å². The van der Waals surface area contributed by atoms with E-state index < -0.39 is 17.5 Å². The van der Waals surface area contributed by atoms with Gasteiger partial charge in [0.25, 0.3) is 0 Å². The van der Waals surface area contributed by atoms with Crippen molar-refractivity contribution in [1.29, 1.82) is 0 Å². The second-order valence-electron chi connectivity index (χ2n) is 6.64. The van der Waals surface area contributed by atoms with Crippen LogP contribution in [0.1, 0.15) is 37.5 Å². The number of rotatable bonds is 2. The number of benzene rings is 2. The van der Waals surface area contributed by atoms with Crippen molar-refractivity contribution in [2.75, 3.05) is 0 Å². The van der Waals surface area contributed by atoms with Crippen LogP contribution in [0.3, 0.4) is 0 Å². The topological polar surface area (TPSA) is 15.5 Å². The van der Waals surface area contributed by atoms with E-state index in [-0.39, 0.29) is 5.54 Å². The van der Waals surface area contributed by atoms with Gasteiger partial charge in [0, 0.05) is 16.7 Å². The minimum atomic E-state index is -4.34. The Hall–Kier alpha value is -1.85. The van der Waals surface area contributed by atoms with Gasteiger partial charge in [-0.15, -0.1) is 5.06 Å². The summed E-state index contributed by atoms with van der Waals surface area (Å²) in [6.07, 6.45) is -4.34. The maximum atomic E-state index is 12.8. The zero-order valence-corrected chi connectivity index (χ0v) is 13.2. The summed E-state index contributed by atoms with van der Waals surface area (Å²) in [7, 11) is 0. The lowest BCUT2D eigenvalue weighted by Crippen LogP contribution is -2.32. The summed E-state index contributed by atoms with van der Waals surface area (Å²) in [4.78, 5) is 5.92. The number of halogens is 3. The summed E-state index contributed by atoms with van der Waals surface area (Å²) in [6, 6.07) is 14.7. The van der Waals surface area contributed by atoms with Gasteiger partial charge in [0.1, 0.15) is 0 Å². The molecule has 0 spiro atoms. The van der Waals surface area contributed by atoms with E-state index in [0.717, 1.165) is 17.7 Å². The minimum absolute atomic E-state index is 0.279. The largest absolute Gasteiger partial charge is 0.416 e. The lowest BCUT2D eigenvalue weighted by Gasteiger charge is -2.22. The number of alkyl halides is 3. The molecule has 1 saturated heterocycles. The normalized spacial score (nSPS) is 24.5.